The second-order valence-corrected chi connectivity index (χ2v) is 7.90. The van der Waals surface area contributed by atoms with E-state index in [1.807, 2.05) is 12.1 Å². The molecule has 0 radical (unpaired) electrons. The Hall–Kier alpha value is -2.54. The van der Waals surface area contributed by atoms with Gasteiger partial charge in [-0.3, -0.25) is 4.79 Å². The first kappa shape index (κ1) is 20.2. The maximum absolute atomic E-state index is 12.7. The number of hydrogen-bond acceptors (Lipinski definition) is 4. The molecule has 0 saturated carbocycles. The summed E-state index contributed by atoms with van der Waals surface area (Å²) < 4.78 is 10.3. The van der Waals surface area contributed by atoms with Gasteiger partial charge in [0.05, 0.1) is 56.9 Å². The van der Waals surface area contributed by atoms with Crippen LogP contribution in [0, 0.1) is 11.8 Å². The van der Waals surface area contributed by atoms with Crippen LogP contribution in [0.5, 0.6) is 5.75 Å². The monoisotopic (exact) mass is 388 g/mol. The summed E-state index contributed by atoms with van der Waals surface area (Å²) in [5.41, 5.74) is 1.35. The maximum Gasteiger partial charge on any atom is 0.356 e. The molecule has 28 heavy (non-hydrogen) atoms. The summed E-state index contributed by atoms with van der Waals surface area (Å²) in [5, 5.41) is 3.59. The number of aromatic amines is 1. The number of benzene rings is 1. The van der Waals surface area contributed by atoms with Crippen molar-refractivity contribution < 1.29 is 24.0 Å². The van der Waals surface area contributed by atoms with Crippen molar-refractivity contribution in [1.82, 2.24) is 4.98 Å². The second kappa shape index (κ2) is 8.65. The van der Waals surface area contributed by atoms with Crippen molar-refractivity contribution in [3.8, 4) is 5.75 Å². The summed E-state index contributed by atoms with van der Waals surface area (Å²) in [4.78, 5) is 29.4. The number of anilines is 1. The fraction of sp³-hybridized carbons (Fsp3) is 0.524. The predicted molar refractivity (Wildman–Crippen MR) is 108 cm³/mol. The molecule has 1 saturated heterocycles. The van der Waals surface area contributed by atoms with Crippen LogP contribution < -0.4 is 15.0 Å². The second-order valence-electron chi connectivity index (χ2n) is 7.90. The molecule has 0 bridgehead atoms. The zero-order chi connectivity index (χ0) is 20.3. The van der Waals surface area contributed by atoms with E-state index in [4.69, 9.17) is 9.47 Å². The number of quaternary nitrogens is 1. The average molecular weight is 388 g/mol. The highest BCUT2D eigenvalue weighted by Crippen LogP contribution is 2.35. The molecule has 0 spiro atoms. The molecule has 0 unspecified atom stereocenters. The molecular formula is C21H30N3O4+. The zero-order valence-electron chi connectivity index (χ0n) is 17.1. The molecular weight excluding hydrogens is 358 g/mol. The van der Waals surface area contributed by atoms with Crippen LogP contribution in [0.1, 0.15) is 37.2 Å². The zero-order valence-corrected chi connectivity index (χ0v) is 17.1. The minimum Gasteiger partial charge on any atom is -0.496 e. The molecule has 2 aromatic rings. The van der Waals surface area contributed by atoms with Gasteiger partial charge in [-0.25, -0.2) is 4.79 Å². The van der Waals surface area contributed by atoms with Crippen molar-refractivity contribution in [2.75, 3.05) is 39.2 Å². The third kappa shape index (κ3) is 4.30. The van der Waals surface area contributed by atoms with Gasteiger partial charge in [0.15, 0.2) is 0 Å². The minimum atomic E-state index is -0.530. The normalized spacial score (nSPS) is 22.1. The van der Waals surface area contributed by atoms with Gasteiger partial charge in [0.2, 0.25) is 5.91 Å². The topological polar surface area (TPSA) is 84.9 Å². The van der Waals surface area contributed by atoms with Crippen LogP contribution in [0.25, 0.3) is 10.9 Å². The van der Waals surface area contributed by atoms with Gasteiger partial charge in [0, 0.05) is 11.8 Å². The quantitative estimate of drug-likeness (QED) is 0.660. The minimum absolute atomic E-state index is 0.115. The van der Waals surface area contributed by atoms with E-state index in [0.29, 0.717) is 40.6 Å². The van der Waals surface area contributed by atoms with Crippen molar-refractivity contribution in [1.29, 1.82) is 0 Å². The highest BCUT2D eigenvalue weighted by molar-refractivity contribution is 6.12. The van der Waals surface area contributed by atoms with Crippen molar-refractivity contribution >= 4 is 28.5 Å². The van der Waals surface area contributed by atoms with Crippen molar-refractivity contribution in [2.45, 2.75) is 26.7 Å². The molecule has 3 N–H and O–H groups in total. The smallest absolute Gasteiger partial charge is 0.356 e. The molecule has 2 atom stereocenters. The number of H-pyrrole nitrogens is 1. The molecule has 7 heteroatoms. The number of piperidine rings is 1. The Kier molecular flexibility index (Phi) is 6.24. The molecule has 3 rings (SSSR count). The largest absolute Gasteiger partial charge is 0.496 e. The molecule has 1 aromatic heterocycles. The summed E-state index contributed by atoms with van der Waals surface area (Å²) in [6, 6.07) is 5.46. The molecule has 1 aliphatic heterocycles. The summed E-state index contributed by atoms with van der Waals surface area (Å²) >= 11 is 0. The van der Waals surface area contributed by atoms with Crippen LogP contribution in [-0.4, -0.2) is 50.7 Å². The van der Waals surface area contributed by atoms with Crippen molar-refractivity contribution in [3.63, 3.8) is 0 Å². The van der Waals surface area contributed by atoms with Gasteiger partial charge in [-0.05, 0) is 18.6 Å². The average Bonchev–Trinajstić information content (AvgIpc) is 3.03. The number of carbonyl (C=O) groups is 2. The molecule has 0 aliphatic carbocycles. The van der Waals surface area contributed by atoms with Crippen LogP contribution >= 0.6 is 0 Å². The SMILES string of the molecule is COC(=O)c1[nH]c2cccc(OC)c2c1NC(=O)CC[NH+]1C[C@H](C)C[C@@H](C)C1. The van der Waals surface area contributed by atoms with Crippen molar-refractivity contribution in [3.05, 3.63) is 23.9 Å². The predicted octanol–water partition coefficient (Wildman–Crippen LogP) is 1.85. The summed E-state index contributed by atoms with van der Waals surface area (Å²) in [5.74, 6) is 1.31. The van der Waals surface area contributed by atoms with E-state index < -0.39 is 5.97 Å². The molecule has 1 amide bonds. The lowest BCUT2D eigenvalue weighted by Gasteiger charge is -2.31. The van der Waals surface area contributed by atoms with Crippen LogP contribution in [0.15, 0.2) is 18.2 Å². The number of hydrogen-bond donors (Lipinski definition) is 3. The lowest BCUT2D eigenvalue weighted by Crippen LogP contribution is -3.14. The molecule has 2 heterocycles. The van der Waals surface area contributed by atoms with Crippen LogP contribution in [0.4, 0.5) is 5.69 Å². The van der Waals surface area contributed by atoms with Crippen LogP contribution in [0.3, 0.4) is 0 Å². The van der Waals surface area contributed by atoms with Gasteiger partial charge < -0.3 is 24.7 Å². The lowest BCUT2D eigenvalue weighted by atomic mass is 9.92. The lowest BCUT2D eigenvalue weighted by molar-refractivity contribution is -0.911. The van der Waals surface area contributed by atoms with E-state index in [-0.39, 0.29) is 11.6 Å². The van der Waals surface area contributed by atoms with Gasteiger partial charge in [0.1, 0.15) is 11.4 Å². The highest BCUT2D eigenvalue weighted by atomic mass is 16.5. The number of amides is 1. The first-order chi connectivity index (χ1) is 13.4. The van der Waals surface area contributed by atoms with E-state index in [1.165, 1.54) is 18.4 Å². The van der Waals surface area contributed by atoms with Crippen LogP contribution in [-0.2, 0) is 9.53 Å². The van der Waals surface area contributed by atoms with Crippen molar-refractivity contribution in [2.24, 2.45) is 11.8 Å². The third-order valence-electron chi connectivity index (χ3n) is 5.44. The van der Waals surface area contributed by atoms with E-state index >= 15 is 0 Å². The molecule has 1 fully saturated rings. The Balaban J connectivity index is 1.78. The van der Waals surface area contributed by atoms with Gasteiger partial charge in [0.25, 0.3) is 0 Å². The van der Waals surface area contributed by atoms with Gasteiger partial charge >= 0.3 is 5.97 Å². The highest BCUT2D eigenvalue weighted by Gasteiger charge is 2.26. The third-order valence-corrected chi connectivity index (χ3v) is 5.44. The van der Waals surface area contributed by atoms with Gasteiger partial charge in [-0.15, -0.1) is 0 Å². The molecule has 152 valence electrons. The number of nitrogens with one attached hydrogen (secondary N) is 3. The number of esters is 1. The molecule has 7 nitrogen and oxygen atoms in total. The van der Waals surface area contributed by atoms with Crippen LogP contribution in [0.2, 0.25) is 0 Å². The number of methoxy groups -OCH3 is 2. The van der Waals surface area contributed by atoms with E-state index in [2.05, 4.69) is 24.1 Å². The number of fused-ring (bicyclic) bond motifs is 1. The van der Waals surface area contributed by atoms with Gasteiger partial charge in [-0.1, -0.05) is 19.9 Å². The Morgan fingerprint density at radius 2 is 1.93 bits per heavy atom. The fourth-order valence-corrected chi connectivity index (χ4v) is 4.38. The standard InChI is InChI=1S/C21H29N3O4/c1-13-10-14(2)12-24(11-13)9-8-17(25)23-19-18-15(6-5-7-16(18)27-3)22-20(19)21(26)28-4/h5-7,13-14,22H,8-12H2,1-4H3,(H,23,25)/p+1/t13-,14-/m1/s1. The summed E-state index contributed by atoms with van der Waals surface area (Å²) in [6.07, 6.45) is 1.66. The Morgan fingerprint density at radius 1 is 1.21 bits per heavy atom. The molecule has 1 aromatic carbocycles. The first-order valence-corrected chi connectivity index (χ1v) is 9.83. The first-order valence-electron chi connectivity index (χ1n) is 9.83. The number of rotatable bonds is 6. The summed E-state index contributed by atoms with van der Waals surface area (Å²) in [7, 11) is 2.88. The number of ether oxygens (including phenoxy) is 2. The number of likely N-dealkylation sites (tertiary alicyclic amines) is 1. The van der Waals surface area contributed by atoms with Gasteiger partial charge in [-0.2, -0.15) is 0 Å². The summed E-state index contributed by atoms with van der Waals surface area (Å²) in [6.45, 7) is 7.54. The number of carbonyl (C=O) groups excluding carboxylic acids is 2. The Bertz CT molecular complexity index is 851. The Labute approximate surface area is 165 Å². The molecule has 1 aliphatic rings. The number of aromatic nitrogens is 1. The van der Waals surface area contributed by atoms with E-state index in [1.54, 1.807) is 13.2 Å². The fourth-order valence-electron chi connectivity index (χ4n) is 4.38. The Morgan fingerprint density at radius 3 is 2.57 bits per heavy atom. The van der Waals surface area contributed by atoms with E-state index in [9.17, 15) is 9.59 Å². The maximum atomic E-state index is 12.7. The van der Waals surface area contributed by atoms with E-state index in [0.717, 1.165) is 19.6 Å².